The van der Waals surface area contributed by atoms with Crippen LogP contribution in [0.1, 0.15) is 47.1 Å². The van der Waals surface area contributed by atoms with Gasteiger partial charge >= 0.3 is 12.2 Å². The molecule has 25 heavy (non-hydrogen) atoms. The number of hydrogen-bond acceptors (Lipinski definition) is 6. The molecule has 0 aliphatic rings. The molecule has 2 amide bonds. The topological polar surface area (TPSA) is 108 Å². The number of anilines is 2. The molecule has 1 rings (SSSR count). The van der Waals surface area contributed by atoms with Crippen LogP contribution in [-0.4, -0.2) is 34.8 Å². The molecule has 7 heteroatoms. The lowest BCUT2D eigenvalue weighted by atomic mass is 10.1. The molecule has 0 atom stereocenters. The van der Waals surface area contributed by atoms with Crippen molar-refractivity contribution in [1.82, 2.24) is 4.90 Å². The van der Waals surface area contributed by atoms with E-state index in [9.17, 15) is 9.59 Å². The molecule has 0 saturated heterocycles. The lowest BCUT2D eigenvalue weighted by Gasteiger charge is -2.28. The van der Waals surface area contributed by atoms with Crippen LogP contribution in [0.4, 0.5) is 21.0 Å². The first-order valence-corrected chi connectivity index (χ1v) is 8.16. The molecule has 0 unspecified atom stereocenters. The van der Waals surface area contributed by atoms with Gasteiger partial charge in [0.2, 0.25) is 0 Å². The molecule has 1 aromatic rings. The van der Waals surface area contributed by atoms with E-state index in [1.54, 1.807) is 59.7 Å². The van der Waals surface area contributed by atoms with Gasteiger partial charge in [-0.15, -0.1) is 0 Å². The van der Waals surface area contributed by atoms with Crippen LogP contribution in [0.2, 0.25) is 0 Å². The zero-order valence-electron chi connectivity index (χ0n) is 15.9. The summed E-state index contributed by atoms with van der Waals surface area (Å²) in [7, 11) is 0. The van der Waals surface area contributed by atoms with Crippen molar-refractivity contribution in [1.29, 1.82) is 0 Å². The summed E-state index contributed by atoms with van der Waals surface area (Å²) >= 11 is 0. The largest absolute Gasteiger partial charge is 0.443 e. The van der Waals surface area contributed by atoms with Gasteiger partial charge in [0.1, 0.15) is 11.2 Å². The highest BCUT2D eigenvalue weighted by Gasteiger charge is 2.31. The molecule has 4 N–H and O–H groups in total. The number of nitrogens with zero attached hydrogens (tertiary/aromatic N) is 1. The quantitative estimate of drug-likeness (QED) is 0.806. The average molecular weight is 351 g/mol. The maximum atomic E-state index is 12.4. The molecule has 0 aromatic heterocycles. The van der Waals surface area contributed by atoms with Crippen LogP contribution < -0.4 is 11.5 Å². The Balaban J connectivity index is 2.95. The number of amides is 2. The first kappa shape index (κ1) is 20.6. The Morgan fingerprint density at radius 1 is 0.960 bits per heavy atom. The Labute approximate surface area is 149 Å². The van der Waals surface area contributed by atoms with E-state index in [1.807, 2.05) is 0 Å². The van der Waals surface area contributed by atoms with Crippen LogP contribution in [0.25, 0.3) is 0 Å². The summed E-state index contributed by atoms with van der Waals surface area (Å²) in [6, 6.07) is 5.10. The first-order valence-electron chi connectivity index (χ1n) is 8.16. The zero-order chi connectivity index (χ0) is 19.4. The van der Waals surface area contributed by atoms with Gasteiger partial charge in [0, 0.05) is 17.9 Å². The van der Waals surface area contributed by atoms with Crippen LogP contribution in [-0.2, 0) is 15.9 Å². The number of ether oxygens (including phenoxy) is 2. The van der Waals surface area contributed by atoms with Gasteiger partial charge in [-0.25, -0.2) is 14.5 Å². The van der Waals surface area contributed by atoms with E-state index >= 15 is 0 Å². The molecule has 1 aromatic carbocycles. The van der Waals surface area contributed by atoms with Gasteiger partial charge < -0.3 is 20.9 Å². The number of carbonyl (C=O) groups is 2. The Morgan fingerprint density at radius 3 is 1.88 bits per heavy atom. The number of hydrogen-bond donors (Lipinski definition) is 2. The van der Waals surface area contributed by atoms with E-state index in [4.69, 9.17) is 20.9 Å². The summed E-state index contributed by atoms with van der Waals surface area (Å²) in [5.41, 5.74) is 12.1. The third-order valence-electron chi connectivity index (χ3n) is 3.00. The summed E-state index contributed by atoms with van der Waals surface area (Å²) < 4.78 is 10.6. The van der Waals surface area contributed by atoms with Crippen molar-refractivity contribution in [3.63, 3.8) is 0 Å². The number of nitrogen functional groups attached to an aromatic ring is 2. The summed E-state index contributed by atoms with van der Waals surface area (Å²) in [4.78, 5) is 25.8. The second kappa shape index (κ2) is 7.63. The predicted molar refractivity (Wildman–Crippen MR) is 98.1 cm³/mol. The highest BCUT2D eigenvalue weighted by molar-refractivity contribution is 5.88. The zero-order valence-corrected chi connectivity index (χ0v) is 15.9. The van der Waals surface area contributed by atoms with E-state index in [0.29, 0.717) is 17.8 Å². The SMILES string of the molecule is CC(C)(C)OC(=O)N(CCc1cc(N)ccc1N)C(=O)OC(C)(C)C. The predicted octanol–water partition coefficient (Wildman–Crippen LogP) is 3.57. The minimum absolute atomic E-state index is 0.0669. The number of benzene rings is 1. The summed E-state index contributed by atoms with van der Waals surface area (Å²) in [5.74, 6) is 0. The Bertz CT molecular complexity index is 602. The molecule has 0 bridgehead atoms. The maximum absolute atomic E-state index is 12.4. The van der Waals surface area contributed by atoms with Crippen LogP contribution in [0.3, 0.4) is 0 Å². The number of imide groups is 1. The molecule has 0 aliphatic carbocycles. The van der Waals surface area contributed by atoms with Crippen molar-refractivity contribution >= 4 is 23.6 Å². The van der Waals surface area contributed by atoms with Crippen LogP contribution in [0.15, 0.2) is 18.2 Å². The normalized spacial score (nSPS) is 11.8. The smallest absolute Gasteiger partial charge is 0.419 e. The van der Waals surface area contributed by atoms with E-state index in [0.717, 1.165) is 10.5 Å². The Kier molecular flexibility index (Phi) is 6.29. The highest BCUT2D eigenvalue weighted by atomic mass is 16.6. The molecule has 0 saturated carbocycles. The molecule has 0 spiro atoms. The van der Waals surface area contributed by atoms with Gasteiger partial charge in [-0.1, -0.05) is 0 Å². The minimum Gasteiger partial charge on any atom is -0.443 e. The minimum atomic E-state index is -0.760. The lowest BCUT2D eigenvalue weighted by molar-refractivity contribution is 0.00172. The average Bonchev–Trinajstić information content (AvgIpc) is 2.38. The molecule has 0 radical (unpaired) electrons. The Morgan fingerprint density at radius 2 is 1.44 bits per heavy atom. The van der Waals surface area contributed by atoms with E-state index in [-0.39, 0.29) is 6.54 Å². The van der Waals surface area contributed by atoms with Crippen molar-refractivity contribution in [2.24, 2.45) is 0 Å². The van der Waals surface area contributed by atoms with Crippen molar-refractivity contribution in [2.45, 2.75) is 59.2 Å². The fourth-order valence-corrected chi connectivity index (χ4v) is 1.97. The fraction of sp³-hybridized carbons (Fsp3) is 0.556. The van der Waals surface area contributed by atoms with Crippen molar-refractivity contribution in [2.75, 3.05) is 18.0 Å². The van der Waals surface area contributed by atoms with Gasteiger partial charge in [-0.05, 0) is 71.7 Å². The summed E-state index contributed by atoms with van der Waals surface area (Å²) in [6.07, 6.45) is -1.18. The van der Waals surface area contributed by atoms with E-state index in [1.165, 1.54) is 0 Å². The van der Waals surface area contributed by atoms with Crippen molar-refractivity contribution in [3.8, 4) is 0 Å². The highest BCUT2D eigenvalue weighted by Crippen LogP contribution is 2.19. The van der Waals surface area contributed by atoms with Crippen molar-refractivity contribution < 1.29 is 19.1 Å². The van der Waals surface area contributed by atoms with Crippen molar-refractivity contribution in [3.05, 3.63) is 23.8 Å². The molecule has 0 heterocycles. The van der Waals surface area contributed by atoms with Gasteiger partial charge in [0.05, 0.1) is 0 Å². The standard InChI is InChI=1S/C18H29N3O4/c1-17(2,3)24-15(22)21(16(23)25-18(4,5)6)10-9-12-11-13(19)7-8-14(12)20/h7-8,11H,9-10,19-20H2,1-6H3. The molecular formula is C18H29N3O4. The third kappa shape index (κ3) is 7.32. The summed E-state index contributed by atoms with van der Waals surface area (Å²) in [5, 5.41) is 0. The number of carbonyl (C=O) groups excluding carboxylic acids is 2. The molecular weight excluding hydrogens is 322 g/mol. The maximum Gasteiger partial charge on any atom is 0.419 e. The van der Waals surface area contributed by atoms with Crippen LogP contribution in [0, 0.1) is 0 Å². The van der Waals surface area contributed by atoms with Gasteiger partial charge in [0.15, 0.2) is 0 Å². The van der Waals surface area contributed by atoms with E-state index in [2.05, 4.69) is 0 Å². The van der Waals surface area contributed by atoms with Crippen LogP contribution >= 0.6 is 0 Å². The second-order valence-electron chi connectivity index (χ2n) is 7.82. The monoisotopic (exact) mass is 351 g/mol. The molecule has 0 aliphatic heterocycles. The van der Waals surface area contributed by atoms with E-state index < -0.39 is 23.4 Å². The van der Waals surface area contributed by atoms with Gasteiger partial charge in [0.25, 0.3) is 0 Å². The number of rotatable bonds is 3. The lowest BCUT2D eigenvalue weighted by Crippen LogP contribution is -2.44. The first-order chi connectivity index (χ1) is 11.3. The third-order valence-corrected chi connectivity index (χ3v) is 3.00. The summed E-state index contributed by atoms with van der Waals surface area (Å²) in [6.45, 7) is 10.4. The molecule has 140 valence electrons. The second-order valence-corrected chi connectivity index (χ2v) is 7.82. The Hall–Kier alpha value is -2.44. The van der Waals surface area contributed by atoms with Crippen LogP contribution in [0.5, 0.6) is 0 Å². The van der Waals surface area contributed by atoms with Gasteiger partial charge in [-0.3, -0.25) is 0 Å². The van der Waals surface area contributed by atoms with Gasteiger partial charge in [-0.2, -0.15) is 0 Å². The molecule has 0 fully saturated rings. The fourth-order valence-electron chi connectivity index (χ4n) is 1.97. The number of nitrogens with two attached hydrogens (primary N) is 2. The molecule has 7 nitrogen and oxygen atoms in total.